The smallest absolute Gasteiger partial charge is 0.243 e. The standard InChI is InChI=1S/C11H15ClN2O3S/c1-11(15)4-5-14(7-11)18(16,17)8-2-3-9(12)10(13)6-8/h2-3,6,15H,4-5,7,13H2,1H3. The van der Waals surface area contributed by atoms with Gasteiger partial charge in [-0.15, -0.1) is 0 Å². The predicted octanol–water partition coefficient (Wildman–Crippen LogP) is 1.07. The summed E-state index contributed by atoms with van der Waals surface area (Å²) in [5.74, 6) is 0. The molecule has 1 unspecified atom stereocenters. The number of halogens is 1. The zero-order valence-electron chi connectivity index (χ0n) is 9.93. The van der Waals surface area contributed by atoms with Gasteiger partial charge < -0.3 is 10.8 Å². The Bertz CT molecular complexity index is 572. The summed E-state index contributed by atoms with van der Waals surface area (Å²) in [6, 6.07) is 4.21. The quantitative estimate of drug-likeness (QED) is 0.798. The van der Waals surface area contributed by atoms with Crippen LogP contribution in [0.5, 0.6) is 0 Å². The molecule has 100 valence electrons. The van der Waals surface area contributed by atoms with Gasteiger partial charge in [-0.3, -0.25) is 0 Å². The lowest BCUT2D eigenvalue weighted by atomic mass is 10.1. The molecule has 1 heterocycles. The number of nitrogens with two attached hydrogens (primary N) is 1. The first-order chi connectivity index (χ1) is 8.22. The van der Waals surface area contributed by atoms with Crippen LogP contribution in [-0.2, 0) is 10.0 Å². The number of benzene rings is 1. The first kappa shape index (κ1) is 13.6. The van der Waals surface area contributed by atoms with E-state index < -0.39 is 15.6 Å². The van der Waals surface area contributed by atoms with Crippen molar-refractivity contribution in [2.75, 3.05) is 18.8 Å². The highest BCUT2D eigenvalue weighted by Crippen LogP contribution is 2.29. The van der Waals surface area contributed by atoms with Crippen molar-refractivity contribution >= 4 is 27.3 Å². The van der Waals surface area contributed by atoms with E-state index in [4.69, 9.17) is 17.3 Å². The van der Waals surface area contributed by atoms with Crippen molar-refractivity contribution in [2.45, 2.75) is 23.8 Å². The summed E-state index contributed by atoms with van der Waals surface area (Å²) < 4.78 is 25.9. The van der Waals surface area contributed by atoms with Crippen LogP contribution in [0.4, 0.5) is 5.69 Å². The van der Waals surface area contributed by atoms with Gasteiger partial charge in [-0.2, -0.15) is 4.31 Å². The predicted molar refractivity (Wildman–Crippen MR) is 69.9 cm³/mol. The number of sulfonamides is 1. The number of anilines is 1. The lowest BCUT2D eigenvalue weighted by molar-refractivity contribution is 0.0762. The summed E-state index contributed by atoms with van der Waals surface area (Å²) in [5, 5.41) is 10.1. The topological polar surface area (TPSA) is 83.6 Å². The zero-order chi connectivity index (χ0) is 13.6. The van der Waals surface area contributed by atoms with Gasteiger partial charge in [0.05, 0.1) is 21.2 Å². The zero-order valence-corrected chi connectivity index (χ0v) is 11.5. The van der Waals surface area contributed by atoms with Gasteiger partial charge in [-0.05, 0) is 31.5 Å². The van der Waals surface area contributed by atoms with Crippen LogP contribution in [0.1, 0.15) is 13.3 Å². The van der Waals surface area contributed by atoms with Gasteiger partial charge in [0.25, 0.3) is 0 Å². The molecule has 1 atom stereocenters. The van der Waals surface area contributed by atoms with Crippen molar-refractivity contribution in [3.05, 3.63) is 23.2 Å². The number of nitrogen functional groups attached to an aromatic ring is 1. The van der Waals surface area contributed by atoms with Gasteiger partial charge in [-0.1, -0.05) is 11.6 Å². The lowest BCUT2D eigenvalue weighted by Crippen LogP contribution is -2.33. The van der Waals surface area contributed by atoms with E-state index in [1.807, 2.05) is 0 Å². The Morgan fingerprint density at radius 1 is 1.50 bits per heavy atom. The minimum atomic E-state index is -3.61. The van der Waals surface area contributed by atoms with Crippen molar-refractivity contribution in [1.29, 1.82) is 0 Å². The number of rotatable bonds is 2. The highest BCUT2D eigenvalue weighted by Gasteiger charge is 2.38. The average Bonchev–Trinajstić information content (AvgIpc) is 2.63. The van der Waals surface area contributed by atoms with Gasteiger partial charge in [0.1, 0.15) is 0 Å². The largest absolute Gasteiger partial charge is 0.397 e. The first-order valence-electron chi connectivity index (χ1n) is 5.50. The van der Waals surface area contributed by atoms with Gasteiger partial charge >= 0.3 is 0 Å². The molecule has 1 aromatic carbocycles. The SMILES string of the molecule is CC1(O)CCN(S(=O)(=O)c2ccc(Cl)c(N)c2)C1. The third-order valence-electron chi connectivity index (χ3n) is 3.02. The first-order valence-corrected chi connectivity index (χ1v) is 7.32. The van der Waals surface area contributed by atoms with Crippen LogP contribution in [0.2, 0.25) is 5.02 Å². The molecular formula is C11H15ClN2O3S. The summed E-state index contributed by atoms with van der Waals surface area (Å²) in [6.07, 6.45) is 0.426. The molecule has 3 N–H and O–H groups in total. The maximum absolute atomic E-state index is 12.3. The summed E-state index contributed by atoms with van der Waals surface area (Å²) in [5.41, 5.74) is 4.86. The summed E-state index contributed by atoms with van der Waals surface area (Å²) in [6.45, 7) is 2.02. The maximum Gasteiger partial charge on any atom is 0.243 e. The summed E-state index contributed by atoms with van der Waals surface area (Å²) in [4.78, 5) is 0.0992. The number of hydrogen-bond donors (Lipinski definition) is 2. The van der Waals surface area contributed by atoms with Crippen LogP contribution >= 0.6 is 11.6 Å². The Morgan fingerprint density at radius 2 is 2.17 bits per heavy atom. The fourth-order valence-electron chi connectivity index (χ4n) is 1.94. The van der Waals surface area contributed by atoms with Crippen molar-refractivity contribution in [2.24, 2.45) is 0 Å². The normalized spacial score (nSPS) is 25.5. The molecule has 1 aromatic rings. The minimum absolute atomic E-state index is 0.0951. The van der Waals surface area contributed by atoms with E-state index in [1.54, 1.807) is 6.92 Å². The molecule has 0 spiro atoms. The Kier molecular flexibility index (Phi) is 3.31. The molecule has 2 rings (SSSR count). The van der Waals surface area contributed by atoms with E-state index in [0.717, 1.165) is 0 Å². The van der Waals surface area contributed by atoms with Crippen LogP contribution in [-0.4, -0.2) is 36.5 Å². The second-order valence-corrected chi connectivity index (χ2v) is 7.11. The van der Waals surface area contributed by atoms with E-state index >= 15 is 0 Å². The second-order valence-electron chi connectivity index (χ2n) is 4.77. The number of nitrogens with zero attached hydrogens (tertiary/aromatic N) is 1. The number of β-amino-alcohol motifs (C(OH)–C–C–N with tert-alkyl or cyclic N) is 1. The molecule has 1 aliphatic rings. The van der Waals surface area contributed by atoms with Crippen LogP contribution < -0.4 is 5.73 Å². The van der Waals surface area contributed by atoms with Crippen LogP contribution in [0.25, 0.3) is 0 Å². The van der Waals surface area contributed by atoms with Gasteiger partial charge in [0.15, 0.2) is 0 Å². The summed E-state index contributed by atoms with van der Waals surface area (Å²) in [7, 11) is -3.61. The second kappa shape index (κ2) is 4.38. The third kappa shape index (κ3) is 2.47. The maximum atomic E-state index is 12.3. The summed E-state index contributed by atoms with van der Waals surface area (Å²) >= 11 is 5.76. The van der Waals surface area contributed by atoms with Crippen molar-refractivity contribution in [3.63, 3.8) is 0 Å². The highest BCUT2D eigenvalue weighted by atomic mass is 35.5. The van der Waals surface area contributed by atoms with Gasteiger partial charge in [0, 0.05) is 13.1 Å². The highest BCUT2D eigenvalue weighted by molar-refractivity contribution is 7.89. The molecule has 0 saturated carbocycles. The Hall–Kier alpha value is -0.820. The van der Waals surface area contributed by atoms with E-state index in [-0.39, 0.29) is 17.1 Å². The Balaban J connectivity index is 2.34. The molecule has 7 heteroatoms. The Morgan fingerprint density at radius 3 is 2.67 bits per heavy atom. The monoisotopic (exact) mass is 290 g/mol. The van der Waals surface area contributed by atoms with E-state index in [9.17, 15) is 13.5 Å². The van der Waals surface area contributed by atoms with Crippen molar-refractivity contribution in [1.82, 2.24) is 4.31 Å². The van der Waals surface area contributed by atoms with Crippen LogP contribution in [0.15, 0.2) is 23.1 Å². The average molecular weight is 291 g/mol. The minimum Gasteiger partial charge on any atom is -0.397 e. The van der Waals surface area contributed by atoms with E-state index in [2.05, 4.69) is 0 Å². The molecule has 0 aliphatic carbocycles. The van der Waals surface area contributed by atoms with Crippen LogP contribution in [0, 0.1) is 0 Å². The number of hydrogen-bond acceptors (Lipinski definition) is 4. The molecule has 0 bridgehead atoms. The lowest BCUT2D eigenvalue weighted by Gasteiger charge is -2.19. The molecule has 1 fully saturated rings. The molecule has 0 amide bonds. The van der Waals surface area contributed by atoms with Crippen molar-refractivity contribution < 1.29 is 13.5 Å². The van der Waals surface area contributed by atoms with Gasteiger partial charge in [-0.25, -0.2) is 8.42 Å². The molecular weight excluding hydrogens is 276 g/mol. The van der Waals surface area contributed by atoms with Gasteiger partial charge in [0.2, 0.25) is 10.0 Å². The fraction of sp³-hybridized carbons (Fsp3) is 0.455. The van der Waals surface area contributed by atoms with E-state index in [1.165, 1.54) is 22.5 Å². The molecule has 18 heavy (non-hydrogen) atoms. The molecule has 0 aromatic heterocycles. The molecule has 5 nitrogen and oxygen atoms in total. The molecule has 0 radical (unpaired) electrons. The van der Waals surface area contributed by atoms with Crippen LogP contribution in [0.3, 0.4) is 0 Å². The third-order valence-corrected chi connectivity index (χ3v) is 5.21. The van der Waals surface area contributed by atoms with Crippen molar-refractivity contribution in [3.8, 4) is 0 Å². The van der Waals surface area contributed by atoms with E-state index in [0.29, 0.717) is 18.0 Å². The fourth-order valence-corrected chi connectivity index (χ4v) is 3.65. The molecule has 1 aliphatic heterocycles. The number of aliphatic hydroxyl groups is 1. The molecule has 1 saturated heterocycles. The Labute approximate surface area is 111 Å².